The Morgan fingerprint density at radius 3 is 1.80 bits per heavy atom. The number of aliphatic hydroxyl groups excluding tert-OH is 2. The predicted octanol–water partition coefficient (Wildman–Crippen LogP) is 3.37. The lowest BCUT2D eigenvalue weighted by Crippen LogP contribution is -2.06. The summed E-state index contributed by atoms with van der Waals surface area (Å²) in [5.74, 6) is 2.07. The van der Waals surface area contributed by atoms with Gasteiger partial charge in [0.2, 0.25) is 0 Å². The highest BCUT2D eigenvalue weighted by Crippen LogP contribution is 2.52. The van der Waals surface area contributed by atoms with Gasteiger partial charge in [-0.2, -0.15) is 0 Å². The number of hydrogen-bond acceptors (Lipinski definition) is 6. The smallest absolute Gasteiger partial charge is 0.0755 e. The molecule has 2 aliphatic rings. The summed E-state index contributed by atoms with van der Waals surface area (Å²) in [5, 5.41) is 19.3. The fourth-order valence-corrected chi connectivity index (χ4v) is 8.58. The molecule has 1 aromatic carbocycles. The Labute approximate surface area is 136 Å². The zero-order chi connectivity index (χ0) is 13.9. The van der Waals surface area contributed by atoms with Crippen LogP contribution in [0.2, 0.25) is 0 Å². The standard InChI is InChI=1S/C14H18O2S4/c15-5-11-7-17-13(19-11)9-2-1-3-10(4-9)14-18-8-12(6-16)20-14/h1-4,11-16H,5-8H2. The van der Waals surface area contributed by atoms with Crippen molar-refractivity contribution in [3.05, 3.63) is 35.4 Å². The summed E-state index contributed by atoms with van der Waals surface area (Å²) in [5.41, 5.74) is 2.73. The second kappa shape index (κ2) is 7.20. The van der Waals surface area contributed by atoms with Crippen LogP contribution in [0.5, 0.6) is 0 Å². The van der Waals surface area contributed by atoms with Crippen molar-refractivity contribution in [3.63, 3.8) is 0 Å². The Hall–Kier alpha value is 0.540. The minimum absolute atomic E-state index is 0.278. The zero-order valence-electron chi connectivity index (χ0n) is 11.0. The zero-order valence-corrected chi connectivity index (χ0v) is 14.2. The lowest BCUT2D eigenvalue weighted by Gasteiger charge is -2.14. The minimum atomic E-state index is 0.278. The predicted molar refractivity (Wildman–Crippen MR) is 93.8 cm³/mol. The van der Waals surface area contributed by atoms with Gasteiger partial charge in [0.05, 0.1) is 22.4 Å². The largest absolute Gasteiger partial charge is 0.395 e. The van der Waals surface area contributed by atoms with Gasteiger partial charge >= 0.3 is 0 Å². The third kappa shape index (κ3) is 3.47. The third-order valence-electron chi connectivity index (χ3n) is 3.36. The number of thioether (sulfide) groups is 4. The Bertz CT molecular complexity index is 419. The van der Waals surface area contributed by atoms with E-state index in [1.807, 2.05) is 47.0 Å². The summed E-state index contributed by atoms with van der Waals surface area (Å²) in [4.78, 5) is 0. The highest BCUT2D eigenvalue weighted by atomic mass is 32.2. The number of aliphatic hydroxyl groups is 2. The summed E-state index contributed by atoms with van der Waals surface area (Å²) in [6.07, 6.45) is 0. The first-order valence-electron chi connectivity index (χ1n) is 6.66. The van der Waals surface area contributed by atoms with Gasteiger partial charge in [0.15, 0.2) is 0 Å². The van der Waals surface area contributed by atoms with E-state index in [-0.39, 0.29) is 13.2 Å². The van der Waals surface area contributed by atoms with Crippen LogP contribution in [0.25, 0.3) is 0 Å². The molecule has 110 valence electrons. The van der Waals surface area contributed by atoms with E-state index in [0.29, 0.717) is 19.7 Å². The first kappa shape index (κ1) is 15.4. The van der Waals surface area contributed by atoms with Gasteiger partial charge in [-0.3, -0.25) is 0 Å². The van der Waals surface area contributed by atoms with E-state index in [2.05, 4.69) is 24.3 Å². The highest BCUT2D eigenvalue weighted by molar-refractivity contribution is 8.20. The molecule has 2 saturated heterocycles. The van der Waals surface area contributed by atoms with Gasteiger partial charge in [-0.15, -0.1) is 47.0 Å². The molecule has 0 aromatic heterocycles. The fourth-order valence-electron chi connectivity index (χ4n) is 2.29. The topological polar surface area (TPSA) is 40.5 Å². The van der Waals surface area contributed by atoms with E-state index in [9.17, 15) is 10.2 Å². The van der Waals surface area contributed by atoms with Gasteiger partial charge in [0.1, 0.15) is 0 Å². The van der Waals surface area contributed by atoms with Crippen molar-refractivity contribution in [1.82, 2.24) is 0 Å². The van der Waals surface area contributed by atoms with Gasteiger partial charge in [0, 0.05) is 22.0 Å². The van der Waals surface area contributed by atoms with Crippen LogP contribution >= 0.6 is 47.0 Å². The maximum absolute atomic E-state index is 9.25. The molecule has 2 nitrogen and oxygen atoms in total. The van der Waals surface area contributed by atoms with Crippen LogP contribution in [0.1, 0.15) is 20.3 Å². The summed E-state index contributed by atoms with van der Waals surface area (Å²) in [6, 6.07) is 8.85. The van der Waals surface area contributed by atoms with Gasteiger partial charge < -0.3 is 10.2 Å². The molecule has 2 heterocycles. The van der Waals surface area contributed by atoms with Crippen LogP contribution in [-0.4, -0.2) is 45.4 Å². The summed E-state index contributed by atoms with van der Waals surface area (Å²) in [7, 11) is 0. The van der Waals surface area contributed by atoms with E-state index >= 15 is 0 Å². The van der Waals surface area contributed by atoms with E-state index in [1.165, 1.54) is 11.1 Å². The molecule has 4 atom stereocenters. The summed E-state index contributed by atoms with van der Waals surface area (Å²) < 4.78 is 0.911. The van der Waals surface area contributed by atoms with Crippen molar-refractivity contribution in [1.29, 1.82) is 0 Å². The molecule has 1 aromatic rings. The molecule has 0 saturated carbocycles. The SMILES string of the molecule is OCC1CSC(c2cccc(C3SCC(CO)S3)c2)S1. The number of rotatable bonds is 4. The molecule has 0 spiro atoms. The fraction of sp³-hybridized carbons (Fsp3) is 0.571. The second-order valence-corrected chi connectivity index (χ2v) is 10.6. The lowest BCUT2D eigenvalue weighted by molar-refractivity contribution is 0.301. The van der Waals surface area contributed by atoms with Crippen molar-refractivity contribution >= 4 is 47.0 Å². The second-order valence-electron chi connectivity index (χ2n) is 4.88. The quantitative estimate of drug-likeness (QED) is 0.871. The highest BCUT2D eigenvalue weighted by Gasteiger charge is 2.29. The molecule has 0 amide bonds. The molecule has 0 radical (unpaired) electrons. The molecule has 3 rings (SSSR count). The molecule has 0 aliphatic carbocycles. The summed E-state index contributed by atoms with van der Waals surface area (Å²) >= 11 is 7.63. The van der Waals surface area contributed by atoms with Gasteiger partial charge in [-0.1, -0.05) is 24.3 Å². The molecule has 2 N–H and O–H groups in total. The first-order valence-corrected chi connectivity index (χ1v) is 10.6. The van der Waals surface area contributed by atoms with Gasteiger partial charge in [0.25, 0.3) is 0 Å². The van der Waals surface area contributed by atoms with Gasteiger partial charge in [-0.05, 0) is 11.1 Å². The Morgan fingerprint density at radius 1 is 0.900 bits per heavy atom. The van der Waals surface area contributed by atoms with Crippen molar-refractivity contribution in [2.75, 3.05) is 24.7 Å². The van der Waals surface area contributed by atoms with E-state index in [1.54, 1.807) is 0 Å². The van der Waals surface area contributed by atoms with Crippen molar-refractivity contribution in [3.8, 4) is 0 Å². The minimum Gasteiger partial charge on any atom is -0.395 e. The Kier molecular flexibility index (Phi) is 5.56. The molecule has 4 unspecified atom stereocenters. The van der Waals surface area contributed by atoms with Crippen LogP contribution in [0.15, 0.2) is 24.3 Å². The maximum Gasteiger partial charge on any atom is 0.0755 e. The Balaban J connectivity index is 1.70. The normalized spacial score (nSPS) is 33.7. The average Bonchev–Trinajstić information content (AvgIpc) is 3.16. The molecule has 2 aliphatic heterocycles. The lowest BCUT2D eigenvalue weighted by atomic mass is 10.1. The molecule has 20 heavy (non-hydrogen) atoms. The number of benzene rings is 1. The first-order chi connectivity index (χ1) is 9.80. The molecular formula is C14H18O2S4. The molecule has 6 heteroatoms. The molecule has 0 bridgehead atoms. The van der Waals surface area contributed by atoms with Crippen LogP contribution in [-0.2, 0) is 0 Å². The maximum atomic E-state index is 9.25. The van der Waals surface area contributed by atoms with E-state index in [0.717, 1.165) is 11.5 Å². The van der Waals surface area contributed by atoms with Crippen LogP contribution in [0.3, 0.4) is 0 Å². The summed E-state index contributed by atoms with van der Waals surface area (Å²) in [6.45, 7) is 0.556. The Morgan fingerprint density at radius 2 is 1.40 bits per heavy atom. The van der Waals surface area contributed by atoms with Crippen LogP contribution in [0, 0.1) is 0 Å². The molecular weight excluding hydrogens is 328 g/mol. The van der Waals surface area contributed by atoms with Crippen molar-refractivity contribution in [2.24, 2.45) is 0 Å². The average molecular weight is 347 g/mol. The van der Waals surface area contributed by atoms with Crippen LogP contribution < -0.4 is 0 Å². The van der Waals surface area contributed by atoms with E-state index < -0.39 is 0 Å². The van der Waals surface area contributed by atoms with E-state index in [4.69, 9.17) is 0 Å². The van der Waals surface area contributed by atoms with Crippen LogP contribution in [0.4, 0.5) is 0 Å². The van der Waals surface area contributed by atoms with Crippen molar-refractivity contribution in [2.45, 2.75) is 19.7 Å². The third-order valence-corrected chi connectivity index (χ3v) is 10.0. The number of hydrogen-bond donors (Lipinski definition) is 2. The van der Waals surface area contributed by atoms with Crippen molar-refractivity contribution < 1.29 is 10.2 Å². The van der Waals surface area contributed by atoms with Gasteiger partial charge in [-0.25, -0.2) is 0 Å². The molecule has 2 fully saturated rings. The monoisotopic (exact) mass is 346 g/mol.